The third kappa shape index (κ3) is 6.41. The van der Waals surface area contributed by atoms with Crippen molar-refractivity contribution in [1.82, 2.24) is 25.4 Å². The van der Waals surface area contributed by atoms with Gasteiger partial charge in [-0.2, -0.15) is 5.10 Å². The number of amides is 2. The highest BCUT2D eigenvalue weighted by Gasteiger charge is 2.21. The maximum absolute atomic E-state index is 12.8. The zero-order chi connectivity index (χ0) is 25.4. The molecule has 11 heteroatoms. The highest BCUT2D eigenvalue weighted by Crippen LogP contribution is 2.31. The first-order valence-corrected chi connectivity index (χ1v) is 11.1. The van der Waals surface area contributed by atoms with Crippen molar-refractivity contribution in [2.24, 2.45) is 0 Å². The second-order valence-electron chi connectivity index (χ2n) is 7.91. The van der Waals surface area contributed by atoms with Crippen LogP contribution in [0.5, 0.6) is 0 Å². The van der Waals surface area contributed by atoms with Crippen molar-refractivity contribution in [3.05, 3.63) is 59.4 Å². The van der Waals surface area contributed by atoms with Crippen LogP contribution in [0.3, 0.4) is 0 Å². The third-order valence-electron chi connectivity index (χ3n) is 5.37. The number of pyridine rings is 1. The molecule has 2 heterocycles. The summed E-state index contributed by atoms with van der Waals surface area (Å²) in [5, 5.41) is 32.5. The molecule has 1 aromatic carbocycles. The topological polar surface area (TPSA) is 151 Å². The summed E-state index contributed by atoms with van der Waals surface area (Å²) in [7, 11) is 1.60. The lowest BCUT2D eigenvalue weighted by Gasteiger charge is -2.18. The molecule has 0 fully saturated rings. The fourth-order valence-electron chi connectivity index (χ4n) is 3.49. The first-order chi connectivity index (χ1) is 16.8. The van der Waals surface area contributed by atoms with Crippen LogP contribution in [0.1, 0.15) is 21.6 Å². The summed E-state index contributed by atoms with van der Waals surface area (Å²) in [6.45, 7) is 4.63. The zero-order valence-electron chi connectivity index (χ0n) is 19.9. The molecule has 35 heavy (non-hydrogen) atoms. The van der Waals surface area contributed by atoms with Gasteiger partial charge in [0.25, 0.3) is 0 Å². The fraction of sp³-hybridized carbons (Fsp3) is 0.333. The number of para-hydroxylation sites is 1. The SMILES string of the molecule is COCCNC[C@H](CO)NC(=O)Nc1c(C)c(-c2cnc(C)c(C(=O)O)c2)nn1-c1ccccc1. The predicted octanol–water partition coefficient (Wildman–Crippen LogP) is 1.97. The van der Waals surface area contributed by atoms with Gasteiger partial charge in [-0.15, -0.1) is 0 Å². The van der Waals surface area contributed by atoms with E-state index < -0.39 is 18.0 Å². The van der Waals surface area contributed by atoms with Crippen LogP contribution in [-0.4, -0.2) is 76.4 Å². The van der Waals surface area contributed by atoms with E-state index in [0.717, 1.165) is 0 Å². The summed E-state index contributed by atoms with van der Waals surface area (Å²) < 4.78 is 6.56. The number of hydrogen-bond donors (Lipinski definition) is 5. The molecule has 0 spiro atoms. The smallest absolute Gasteiger partial charge is 0.337 e. The quantitative estimate of drug-likeness (QED) is 0.260. The number of aliphatic hydroxyl groups excluding tert-OH is 1. The van der Waals surface area contributed by atoms with Crippen LogP contribution in [0, 0.1) is 13.8 Å². The second kappa shape index (κ2) is 12.1. The first-order valence-electron chi connectivity index (χ1n) is 11.1. The van der Waals surface area contributed by atoms with Gasteiger partial charge in [0.1, 0.15) is 5.82 Å². The number of aromatic carboxylic acids is 1. The predicted molar refractivity (Wildman–Crippen MR) is 131 cm³/mol. The van der Waals surface area contributed by atoms with Crippen molar-refractivity contribution in [3.8, 4) is 16.9 Å². The van der Waals surface area contributed by atoms with Crippen LogP contribution in [-0.2, 0) is 4.74 Å². The van der Waals surface area contributed by atoms with Crippen molar-refractivity contribution in [1.29, 1.82) is 0 Å². The maximum Gasteiger partial charge on any atom is 0.337 e. The number of carboxylic acid groups (broad SMARTS) is 1. The number of urea groups is 1. The van der Waals surface area contributed by atoms with E-state index >= 15 is 0 Å². The summed E-state index contributed by atoms with van der Waals surface area (Å²) in [6.07, 6.45) is 1.56. The van der Waals surface area contributed by atoms with Crippen LogP contribution >= 0.6 is 0 Å². The molecule has 0 aliphatic carbocycles. The lowest BCUT2D eigenvalue weighted by molar-refractivity contribution is 0.0695. The number of ether oxygens (including phenoxy) is 1. The molecule has 0 bridgehead atoms. The molecule has 0 saturated heterocycles. The molecule has 0 aliphatic heterocycles. The number of aliphatic hydroxyl groups is 1. The summed E-state index contributed by atoms with van der Waals surface area (Å²) in [5.41, 5.74) is 2.81. The summed E-state index contributed by atoms with van der Waals surface area (Å²) >= 11 is 0. The summed E-state index contributed by atoms with van der Waals surface area (Å²) in [5.74, 6) is -0.672. The number of hydrogen-bond acceptors (Lipinski definition) is 7. The van der Waals surface area contributed by atoms with Gasteiger partial charge in [-0.3, -0.25) is 10.3 Å². The Morgan fingerprint density at radius 2 is 1.94 bits per heavy atom. The molecule has 3 aromatic rings. The average molecular weight is 483 g/mol. The normalized spacial score (nSPS) is 11.8. The van der Waals surface area contributed by atoms with Crippen molar-refractivity contribution >= 4 is 17.8 Å². The van der Waals surface area contributed by atoms with Crippen LogP contribution in [0.15, 0.2) is 42.6 Å². The van der Waals surface area contributed by atoms with Crippen LogP contribution < -0.4 is 16.0 Å². The molecule has 0 radical (unpaired) electrons. The molecular weight excluding hydrogens is 452 g/mol. The third-order valence-corrected chi connectivity index (χ3v) is 5.37. The van der Waals surface area contributed by atoms with E-state index in [1.807, 2.05) is 30.3 Å². The van der Waals surface area contributed by atoms with E-state index in [1.165, 1.54) is 6.07 Å². The number of methoxy groups -OCH3 is 1. The maximum atomic E-state index is 12.8. The molecule has 0 aliphatic rings. The Kier molecular flexibility index (Phi) is 8.90. The van der Waals surface area contributed by atoms with E-state index in [0.29, 0.717) is 53.7 Å². The van der Waals surface area contributed by atoms with E-state index in [9.17, 15) is 19.8 Å². The number of aryl methyl sites for hydroxylation is 1. The molecule has 5 N–H and O–H groups in total. The van der Waals surface area contributed by atoms with Gasteiger partial charge in [-0.25, -0.2) is 14.3 Å². The molecule has 11 nitrogen and oxygen atoms in total. The highest BCUT2D eigenvalue weighted by molar-refractivity contribution is 5.92. The molecule has 186 valence electrons. The van der Waals surface area contributed by atoms with Gasteiger partial charge >= 0.3 is 12.0 Å². The number of benzene rings is 1. The van der Waals surface area contributed by atoms with Crippen molar-refractivity contribution in [2.45, 2.75) is 19.9 Å². The first kappa shape index (κ1) is 25.8. The molecule has 2 amide bonds. The lowest BCUT2D eigenvalue weighted by atomic mass is 10.1. The fourth-order valence-corrected chi connectivity index (χ4v) is 3.49. The number of nitrogens with one attached hydrogen (secondary N) is 3. The largest absolute Gasteiger partial charge is 0.478 e. The molecular formula is C24H30N6O5. The van der Waals surface area contributed by atoms with Crippen LogP contribution in [0.4, 0.5) is 10.6 Å². The molecule has 1 atom stereocenters. The van der Waals surface area contributed by atoms with E-state index in [1.54, 1.807) is 31.8 Å². The minimum absolute atomic E-state index is 0.0789. The minimum atomic E-state index is -1.08. The molecule has 0 saturated carbocycles. The van der Waals surface area contributed by atoms with Crippen LogP contribution in [0.25, 0.3) is 16.9 Å². The Morgan fingerprint density at radius 3 is 2.60 bits per heavy atom. The van der Waals surface area contributed by atoms with Gasteiger partial charge in [-0.1, -0.05) is 18.2 Å². The Labute approximate surface area is 203 Å². The average Bonchev–Trinajstić information content (AvgIpc) is 3.17. The minimum Gasteiger partial charge on any atom is -0.478 e. The Hall–Kier alpha value is -3.80. The number of nitrogens with zero attached hydrogens (tertiary/aromatic N) is 3. The molecule has 2 aromatic heterocycles. The zero-order valence-corrected chi connectivity index (χ0v) is 19.9. The second-order valence-corrected chi connectivity index (χ2v) is 7.91. The van der Waals surface area contributed by atoms with E-state index in [-0.39, 0.29) is 12.2 Å². The number of carboxylic acids is 1. The number of aromatic nitrogens is 3. The van der Waals surface area contributed by atoms with Gasteiger partial charge in [0.05, 0.1) is 41.9 Å². The Morgan fingerprint density at radius 1 is 1.20 bits per heavy atom. The van der Waals surface area contributed by atoms with Crippen LogP contribution in [0.2, 0.25) is 0 Å². The van der Waals surface area contributed by atoms with E-state index in [2.05, 4.69) is 26.0 Å². The highest BCUT2D eigenvalue weighted by atomic mass is 16.5. The number of anilines is 1. The van der Waals surface area contributed by atoms with Gasteiger partial charge in [0.2, 0.25) is 0 Å². The molecule has 3 rings (SSSR count). The van der Waals surface area contributed by atoms with Crippen molar-refractivity contribution in [2.75, 3.05) is 38.7 Å². The summed E-state index contributed by atoms with van der Waals surface area (Å²) in [4.78, 5) is 28.6. The van der Waals surface area contributed by atoms with Gasteiger partial charge in [-0.05, 0) is 32.0 Å². The number of rotatable bonds is 11. The monoisotopic (exact) mass is 482 g/mol. The van der Waals surface area contributed by atoms with Gasteiger partial charge in [0.15, 0.2) is 0 Å². The lowest BCUT2D eigenvalue weighted by Crippen LogP contribution is -2.46. The standard InChI is InChI=1S/C24H30N6O5/c1-15-21(17-11-20(23(32)33)16(2)26-12-17)29-30(19-7-5-4-6-8-19)22(15)28-24(34)27-18(14-31)13-25-9-10-35-3/h4-8,11-12,18,25,31H,9-10,13-14H2,1-3H3,(H,32,33)(H2,27,28,34)/t18-/m1/s1. The Bertz CT molecular complexity index is 1160. The Balaban J connectivity index is 1.92. The van der Waals surface area contributed by atoms with E-state index in [4.69, 9.17) is 4.74 Å². The number of carbonyl (C=O) groups excluding carboxylic acids is 1. The van der Waals surface area contributed by atoms with Gasteiger partial charge < -0.3 is 25.6 Å². The molecule has 0 unspecified atom stereocenters. The van der Waals surface area contributed by atoms with Crippen molar-refractivity contribution < 1.29 is 24.5 Å². The van der Waals surface area contributed by atoms with Crippen molar-refractivity contribution in [3.63, 3.8) is 0 Å². The number of carbonyl (C=O) groups is 2. The van der Waals surface area contributed by atoms with Gasteiger partial charge in [0, 0.05) is 37.5 Å². The summed E-state index contributed by atoms with van der Waals surface area (Å²) in [6, 6.07) is 9.73.